The van der Waals surface area contributed by atoms with Gasteiger partial charge in [-0.3, -0.25) is 4.79 Å². The highest BCUT2D eigenvalue weighted by Crippen LogP contribution is 2.09. The number of carbonyl (C=O) groups excluding carboxylic acids is 1. The molecule has 0 saturated carbocycles. The summed E-state index contributed by atoms with van der Waals surface area (Å²) in [6.45, 7) is 7.21. The van der Waals surface area contributed by atoms with Crippen molar-refractivity contribution in [1.29, 1.82) is 5.26 Å². The first-order valence-electron chi connectivity index (χ1n) is 4.90. The van der Waals surface area contributed by atoms with Gasteiger partial charge in [0.2, 0.25) is 5.91 Å². The molecule has 4 heteroatoms. The SMILES string of the molecule is CCCNCC(=O)NCC(C)(C)C#N. The van der Waals surface area contributed by atoms with Crippen molar-refractivity contribution in [2.24, 2.45) is 5.41 Å². The van der Waals surface area contributed by atoms with E-state index in [1.165, 1.54) is 0 Å². The fourth-order valence-electron chi connectivity index (χ4n) is 0.800. The van der Waals surface area contributed by atoms with Crippen molar-refractivity contribution in [3.8, 4) is 6.07 Å². The van der Waals surface area contributed by atoms with Crippen LogP contribution in [0.25, 0.3) is 0 Å². The van der Waals surface area contributed by atoms with Gasteiger partial charge in [-0.1, -0.05) is 6.92 Å². The lowest BCUT2D eigenvalue weighted by molar-refractivity contribution is -0.120. The van der Waals surface area contributed by atoms with Gasteiger partial charge in [-0.05, 0) is 26.8 Å². The Kier molecular flexibility index (Phi) is 5.89. The Labute approximate surface area is 85.7 Å². The number of nitrogens with one attached hydrogen (secondary N) is 2. The minimum Gasteiger partial charge on any atom is -0.353 e. The van der Waals surface area contributed by atoms with Crippen molar-refractivity contribution in [3.05, 3.63) is 0 Å². The number of hydrogen-bond acceptors (Lipinski definition) is 3. The Hall–Kier alpha value is -1.08. The van der Waals surface area contributed by atoms with Crippen LogP contribution in [0.2, 0.25) is 0 Å². The monoisotopic (exact) mass is 197 g/mol. The summed E-state index contributed by atoms with van der Waals surface area (Å²) in [6, 6.07) is 2.13. The van der Waals surface area contributed by atoms with Gasteiger partial charge in [0.15, 0.2) is 0 Å². The first-order valence-corrected chi connectivity index (χ1v) is 4.90. The molecule has 0 aliphatic carbocycles. The zero-order valence-electron chi connectivity index (χ0n) is 9.18. The highest BCUT2D eigenvalue weighted by molar-refractivity contribution is 5.78. The van der Waals surface area contributed by atoms with Crippen LogP contribution in [0, 0.1) is 16.7 Å². The van der Waals surface area contributed by atoms with E-state index in [1.807, 2.05) is 6.92 Å². The Balaban J connectivity index is 3.60. The van der Waals surface area contributed by atoms with Gasteiger partial charge in [0.25, 0.3) is 0 Å². The van der Waals surface area contributed by atoms with Crippen LogP contribution >= 0.6 is 0 Å². The van der Waals surface area contributed by atoms with Gasteiger partial charge < -0.3 is 10.6 Å². The van der Waals surface area contributed by atoms with Gasteiger partial charge in [0.1, 0.15) is 0 Å². The maximum atomic E-state index is 11.2. The van der Waals surface area contributed by atoms with Gasteiger partial charge in [-0.15, -0.1) is 0 Å². The zero-order chi connectivity index (χ0) is 11.0. The second-order valence-corrected chi connectivity index (χ2v) is 3.95. The van der Waals surface area contributed by atoms with E-state index in [1.54, 1.807) is 13.8 Å². The lowest BCUT2D eigenvalue weighted by Crippen LogP contribution is -2.38. The summed E-state index contributed by atoms with van der Waals surface area (Å²) < 4.78 is 0. The molecule has 0 unspecified atom stereocenters. The number of hydrogen-bond donors (Lipinski definition) is 2. The van der Waals surface area contributed by atoms with Gasteiger partial charge in [-0.2, -0.15) is 5.26 Å². The molecular formula is C10H19N3O. The third-order valence-corrected chi connectivity index (χ3v) is 1.74. The fraction of sp³-hybridized carbons (Fsp3) is 0.800. The molecule has 0 spiro atoms. The highest BCUT2D eigenvalue weighted by Gasteiger charge is 2.17. The average Bonchev–Trinajstić information content (AvgIpc) is 2.16. The standard InChI is InChI=1S/C10H19N3O/c1-4-5-12-6-9(14)13-8-10(2,3)7-11/h12H,4-6,8H2,1-3H3,(H,13,14). The van der Waals surface area contributed by atoms with Crippen molar-refractivity contribution in [2.45, 2.75) is 27.2 Å². The molecule has 2 N–H and O–H groups in total. The quantitative estimate of drug-likeness (QED) is 0.614. The molecule has 0 fully saturated rings. The summed E-state index contributed by atoms with van der Waals surface area (Å²) in [7, 11) is 0. The minimum absolute atomic E-state index is 0.0539. The minimum atomic E-state index is -0.486. The summed E-state index contributed by atoms with van der Waals surface area (Å²) in [5.74, 6) is -0.0539. The van der Waals surface area contributed by atoms with E-state index in [0.717, 1.165) is 13.0 Å². The van der Waals surface area contributed by atoms with Crippen molar-refractivity contribution < 1.29 is 4.79 Å². The second-order valence-electron chi connectivity index (χ2n) is 3.95. The molecule has 4 nitrogen and oxygen atoms in total. The lowest BCUT2D eigenvalue weighted by Gasteiger charge is -2.15. The van der Waals surface area contributed by atoms with Gasteiger partial charge in [0.05, 0.1) is 18.0 Å². The first-order chi connectivity index (χ1) is 6.52. The van der Waals surface area contributed by atoms with E-state index in [0.29, 0.717) is 13.1 Å². The summed E-state index contributed by atoms with van der Waals surface area (Å²) >= 11 is 0. The Morgan fingerprint density at radius 1 is 1.50 bits per heavy atom. The zero-order valence-corrected chi connectivity index (χ0v) is 9.18. The Morgan fingerprint density at radius 3 is 2.64 bits per heavy atom. The molecule has 0 aromatic rings. The molecule has 0 radical (unpaired) electrons. The smallest absolute Gasteiger partial charge is 0.234 e. The first kappa shape index (κ1) is 12.9. The van der Waals surface area contributed by atoms with Crippen molar-refractivity contribution in [3.63, 3.8) is 0 Å². The summed E-state index contributed by atoms with van der Waals surface area (Å²) in [5, 5.41) is 14.4. The second kappa shape index (κ2) is 6.39. The third-order valence-electron chi connectivity index (χ3n) is 1.74. The predicted molar refractivity (Wildman–Crippen MR) is 55.6 cm³/mol. The molecule has 0 bridgehead atoms. The van der Waals surface area contributed by atoms with E-state index in [9.17, 15) is 4.79 Å². The molecule has 0 aliphatic heterocycles. The summed E-state index contributed by atoms with van der Waals surface area (Å²) in [6.07, 6.45) is 1.01. The topological polar surface area (TPSA) is 64.9 Å². The number of nitrogens with zero attached hydrogens (tertiary/aromatic N) is 1. The van der Waals surface area contributed by atoms with Crippen molar-refractivity contribution >= 4 is 5.91 Å². The Morgan fingerprint density at radius 2 is 2.14 bits per heavy atom. The van der Waals surface area contributed by atoms with Crippen LogP contribution < -0.4 is 10.6 Å². The number of nitriles is 1. The molecule has 0 atom stereocenters. The van der Waals surface area contributed by atoms with E-state index in [2.05, 4.69) is 16.7 Å². The van der Waals surface area contributed by atoms with Crippen LogP contribution in [0.5, 0.6) is 0 Å². The predicted octanol–water partition coefficient (Wildman–Crippen LogP) is 0.652. The maximum absolute atomic E-state index is 11.2. The van der Waals surface area contributed by atoms with Crippen LogP contribution in [0.1, 0.15) is 27.2 Å². The van der Waals surface area contributed by atoms with E-state index >= 15 is 0 Å². The molecule has 14 heavy (non-hydrogen) atoms. The molecule has 0 aromatic heterocycles. The van der Waals surface area contributed by atoms with Crippen LogP contribution in [-0.4, -0.2) is 25.5 Å². The molecule has 80 valence electrons. The normalized spacial score (nSPS) is 10.7. The Bertz CT molecular complexity index is 218. The van der Waals surface area contributed by atoms with Gasteiger partial charge in [0, 0.05) is 6.54 Å². The largest absolute Gasteiger partial charge is 0.353 e. The van der Waals surface area contributed by atoms with E-state index < -0.39 is 5.41 Å². The molecule has 1 amide bonds. The van der Waals surface area contributed by atoms with E-state index in [4.69, 9.17) is 5.26 Å². The van der Waals surface area contributed by atoms with Crippen LogP contribution in [-0.2, 0) is 4.79 Å². The number of rotatable bonds is 6. The molecule has 0 aliphatic rings. The molecule has 0 rings (SSSR count). The highest BCUT2D eigenvalue weighted by atomic mass is 16.1. The number of carbonyl (C=O) groups is 1. The number of amides is 1. The average molecular weight is 197 g/mol. The van der Waals surface area contributed by atoms with E-state index in [-0.39, 0.29) is 5.91 Å². The molecule has 0 aromatic carbocycles. The maximum Gasteiger partial charge on any atom is 0.234 e. The van der Waals surface area contributed by atoms with Crippen LogP contribution in [0.4, 0.5) is 0 Å². The van der Waals surface area contributed by atoms with Crippen molar-refractivity contribution in [1.82, 2.24) is 10.6 Å². The summed E-state index contributed by atoms with van der Waals surface area (Å²) in [4.78, 5) is 11.2. The van der Waals surface area contributed by atoms with Crippen LogP contribution in [0.3, 0.4) is 0 Å². The molecule has 0 heterocycles. The summed E-state index contributed by atoms with van der Waals surface area (Å²) in [5.41, 5.74) is -0.486. The molecular weight excluding hydrogens is 178 g/mol. The third kappa shape index (κ3) is 6.44. The molecule has 0 saturated heterocycles. The van der Waals surface area contributed by atoms with Crippen LogP contribution in [0.15, 0.2) is 0 Å². The fourth-order valence-corrected chi connectivity index (χ4v) is 0.800. The lowest BCUT2D eigenvalue weighted by atomic mass is 9.96. The van der Waals surface area contributed by atoms with Crippen molar-refractivity contribution in [2.75, 3.05) is 19.6 Å². The van der Waals surface area contributed by atoms with Gasteiger partial charge in [-0.25, -0.2) is 0 Å². The van der Waals surface area contributed by atoms with Gasteiger partial charge >= 0.3 is 0 Å².